The van der Waals surface area contributed by atoms with Gasteiger partial charge in [0.2, 0.25) is 0 Å². The Balaban J connectivity index is 2.53. The minimum absolute atomic E-state index is 0.0674. The predicted molar refractivity (Wildman–Crippen MR) is 70.6 cm³/mol. The SMILES string of the molecule is O=Cc1cc(-c2ccccc2OC(F)(F)F)ccc1[N+](=O)[O-]. The lowest BCUT2D eigenvalue weighted by Crippen LogP contribution is -2.17. The Kier molecular flexibility index (Phi) is 4.11. The number of benzene rings is 2. The van der Waals surface area contributed by atoms with Gasteiger partial charge in [-0.1, -0.05) is 18.2 Å². The van der Waals surface area contributed by atoms with Gasteiger partial charge in [0.25, 0.3) is 5.69 Å². The van der Waals surface area contributed by atoms with Crippen LogP contribution < -0.4 is 4.74 Å². The summed E-state index contributed by atoms with van der Waals surface area (Å²) in [6.45, 7) is 0. The van der Waals surface area contributed by atoms with Crippen LogP contribution in [0, 0.1) is 10.1 Å². The first-order valence-corrected chi connectivity index (χ1v) is 5.90. The van der Waals surface area contributed by atoms with Gasteiger partial charge in [-0.05, 0) is 23.8 Å². The molecule has 0 fully saturated rings. The summed E-state index contributed by atoms with van der Waals surface area (Å²) < 4.78 is 41.1. The molecule has 0 radical (unpaired) electrons. The fourth-order valence-corrected chi connectivity index (χ4v) is 1.90. The van der Waals surface area contributed by atoms with Gasteiger partial charge in [-0.25, -0.2) is 0 Å². The van der Waals surface area contributed by atoms with Crippen molar-refractivity contribution in [1.29, 1.82) is 0 Å². The second kappa shape index (κ2) is 5.84. The maximum atomic E-state index is 12.4. The summed E-state index contributed by atoms with van der Waals surface area (Å²) in [7, 11) is 0. The first-order valence-electron chi connectivity index (χ1n) is 5.90. The van der Waals surface area contributed by atoms with Crippen LogP contribution in [0.4, 0.5) is 18.9 Å². The summed E-state index contributed by atoms with van der Waals surface area (Å²) in [5.74, 6) is -0.458. The smallest absolute Gasteiger partial charge is 0.405 e. The van der Waals surface area contributed by atoms with Gasteiger partial charge in [-0.2, -0.15) is 0 Å². The van der Waals surface area contributed by atoms with Crippen molar-refractivity contribution in [2.24, 2.45) is 0 Å². The minimum Gasteiger partial charge on any atom is -0.405 e. The first kappa shape index (κ1) is 15.5. The third-order valence-corrected chi connectivity index (χ3v) is 2.77. The molecule has 0 aliphatic carbocycles. The fourth-order valence-electron chi connectivity index (χ4n) is 1.90. The zero-order chi connectivity index (χ0) is 16.3. The first-order chi connectivity index (χ1) is 10.3. The summed E-state index contributed by atoms with van der Waals surface area (Å²) in [4.78, 5) is 20.9. The zero-order valence-corrected chi connectivity index (χ0v) is 10.8. The summed E-state index contributed by atoms with van der Waals surface area (Å²) in [6.07, 6.45) is -4.60. The van der Waals surface area contributed by atoms with Crippen LogP contribution in [0.15, 0.2) is 42.5 Å². The maximum absolute atomic E-state index is 12.4. The third kappa shape index (κ3) is 3.40. The molecule has 0 spiro atoms. The summed E-state index contributed by atoms with van der Waals surface area (Å²) in [5, 5.41) is 10.8. The molecule has 0 atom stereocenters. The number of nitro groups is 1. The molecular weight excluding hydrogens is 303 g/mol. The number of carbonyl (C=O) groups is 1. The van der Waals surface area contributed by atoms with Crippen LogP contribution >= 0.6 is 0 Å². The highest BCUT2D eigenvalue weighted by Gasteiger charge is 2.32. The average Bonchev–Trinajstić information content (AvgIpc) is 2.45. The predicted octanol–water partition coefficient (Wildman–Crippen LogP) is 3.97. The second-order valence-corrected chi connectivity index (χ2v) is 4.19. The molecule has 22 heavy (non-hydrogen) atoms. The molecule has 2 rings (SSSR count). The molecule has 0 unspecified atom stereocenters. The molecule has 0 N–H and O–H groups in total. The Labute approximate surface area is 122 Å². The molecule has 5 nitrogen and oxygen atoms in total. The standard InChI is InChI=1S/C14H8F3NO4/c15-14(16,17)22-13-4-2-1-3-11(13)9-5-6-12(18(20)21)10(7-9)8-19/h1-8H. The highest BCUT2D eigenvalue weighted by Crippen LogP contribution is 2.35. The van der Waals surface area contributed by atoms with Gasteiger partial charge in [0.15, 0.2) is 6.29 Å². The van der Waals surface area contributed by atoms with Gasteiger partial charge >= 0.3 is 6.36 Å². The largest absolute Gasteiger partial charge is 0.573 e. The highest BCUT2D eigenvalue weighted by atomic mass is 19.4. The molecule has 0 amide bonds. The Hall–Kier alpha value is -2.90. The molecule has 114 valence electrons. The number of carbonyl (C=O) groups excluding carboxylic acids is 1. The fraction of sp³-hybridized carbons (Fsp3) is 0.0714. The third-order valence-electron chi connectivity index (χ3n) is 2.77. The normalized spacial score (nSPS) is 11.0. The van der Waals surface area contributed by atoms with E-state index in [-0.39, 0.29) is 23.0 Å². The van der Waals surface area contributed by atoms with Gasteiger partial charge in [0, 0.05) is 11.6 Å². The Bertz CT molecular complexity index is 728. The Morgan fingerprint density at radius 2 is 1.82 bits per heavy atom. The van der Waals surface area contributed by atoms with Crippen LogP contribution in [0.5, 0.6) is 5.75 Å². The lowest BCUT2D eigenvalue weighted by Gasteiger charge is -2.13. The van der Waals surface area contributed by atoms with Crippen molar-refractivity contribution in [2.75, 3.05) is 0 Å². The molecule has 2 aromatic carbocycles. The number of hydrogen-bond donors (Lipinski definition) is 0. The molecule has 0 heterocycles. The van der Waals surface area contributed by atoms with E-state index < -0.39 is 22.7 Å². The monoisotopic (exact) mass is 311 g/mol. The van der Waals surface area contributed by atoms with E-state index in [1.165, 1.54) is 24.3 Å². The second-order valence-electron chi connectivity index (χ2n) is 4.19. The lowest BCUT2D eigenvalue weighted by atomic mass is 10.0. The number of nitro benzene ring substituents is 1. The van der Waals surface area contributed by atoms with Crippen molar-refractivity contribution in [3.05, 3.63) is 58.1 Å². The van der Waals surface area contributed by atoms with Crippen LogP contribution in [-0.2, 0) is 0 Å². The summed E-state index contributed by atoms with van der Waals surface area (Å²) >= 11 is 0. The van der Waals surface area contributed by atoms with Crippen LogP contribution in [0.3, 0.4) is 0 Å². The van der Waals surface area contributed by atoms with Crippen LogP contribution in [0.1, 0.15) is 10.4 Å². The number of ether oxygens (including phenoxy) is 1. The molecule has 0 saturated heterocycles. The molecule has 0 saturated carbocycles. The maximum Gasteiger partial charge on any atom is 0.573 e. The van der Waals surface area contributed by atoms with E-state index in [4.69, 9.17) is 0 Å². The summed E-state index contributed by atoms with van der Waals surface area (Å²) in [5.41, 5.74) is -0.386. The molecule has 8 heteroatoms. The van der Waals surface area contributed by atoms with Gasteiger partial charge < -0.3 is 4.74 Å². The minimum atomic E-state index is -4.87. The van der Waals surface area contributed by atoms with Gasteiger partial charge in [-0.3, -0.25) is 14.9 Å². The van der Waals surface area contributed by atoms with E-state index in [0.29, 0.717) is 0 Å². The number of aldehydes is 1. The van der Waals surface area contributed by atoms with Crippen LogP contribution in [0.2, 0.25) is 0 Å². The van der Waals surface area contributed by atoms with Gasteiger partial charge in [-0.15, -0.1) is 13.2 Å². The lowest BCUT2D eigenvalue weighted by molar-refractivity contribution is -0.385. The average molecular weight is 311 g/mol. The zero-order valence-electron chi connectivity index (χ0n) is 10.8. The van der Waals surface area contributed by atoms with Crippen LogP contribution in [-0.4, -0.2) is 17.6 Å². The van der Waals surface area contributed by atoms with E-state index in [1.807, 2.05) is 0 Å². The molecule has 0 aliphatic heterocycles. The Morgan fingerprint density at radius 3 is 2.41 bits per heavy atom. The van der Waals surface area contributed by atoms with Crippen molar-refractivity contribution in [3.8, 4) is 16.9 Å². The Morgan fingerprint density at radius 1 is 1.14 bits per heavy atom. The number of nitrogens with zero attached hydrogens (tertiary/aromatic N) is 1. The van der Waals surface area contributed by atoms with E-state index in [2.05, 4.69) is 4.74 Å². The molecule has 0 aromatic heterocycles. The van der Waals surface area contributed by atoms with E-state index in [1.54, 1.807) is 0 Å². The summed E-state index contributed by atoms with van der Waals surface area (Å²) in [6, 6.07) is 8.77. The van der Waals surface area contributed by atoms with Crippen molar-refractivity contribution in [2.45, 2.75) is 6.36 Å². The number of halogens is 3. The molecule has 0 bridgehead atoms. The molecule has 2 aromatic rings. The van der Waals surface area contributed by atoms with E-state index >= 15 is 0 Å². The van der Waals surface area contributed by atoms with Gasteiger partial charge in [0.1, 0.15) is 5.75 Å². The number of alkyl halides is 3. The van der Waals surface area contributed by atoms with Crippen molar-refractivity contribution < 1.29 is 27.6 Å². The van der Waals surface area contributed by atoms with Crippen LogP contribution in [0.25, 0.3) is 11.1 Å². The van der Waals surface area contributed by atoms with E-state index in [9.17, 15) is 28.1 Å². The molecular formula is C14H8F3NO4. The number of rotatable bonds is 4. The quantitative estimate of drug-likeness (QED) is 0.486. The van der Waals surface area contributed by atoms with Crippen molar-refractivity contribution >= 4 is 12.0 Å². The van der Waals surface area contributed by atoms with E-state index in [0.717, 1.165) is 18.2 Å². The van der Waals surface area contributed by atoms with Gasteiger partial charge in [0.05, 0.1) is 10.5 Å². The van der Waals surface area contributed by atoms with Crippen molar-refractivity contribution in [1.82, 2.24) is 0 Å². The number of para-hydroxylation sites is 1. The molecule has 0 aliphatic rings. The highest BCUT2D eigenvalue weighted by molar-refractivity contribution is 5.85. The number of hydrogen-bond acceptors (Lipinski definition) is 4. The topological polar surface area (TPSA) is 69.4 Å². The van der Waals surface area contributed by atoms with Crippen molar-refractivity contribution in [3.63, 3.8) is 0 Å².